The summed E-state index contributed by atoms with van der Waals surface area (Å²) in [6.45, 7) is 7.95. The summed E-state index contributed by atoms with van der Waals surface area (Å²) in [5.74, 6) is 0.782. The Morgan fingerprint density at radius 1 is 0.962 bits per heavy atom. The van der Waals surface area contributed by atoms with Gasteiger partial charge in [0.05, 0.1) is 12.8 Å². The lowest BCUT2D eigenvalue weighted by molar-refractivity contribution is 0.411. The third kappa shape index (κ3) is 3.29. The molecule has 0 bridgehead atoms. The highest BCUT2D eigenvalue weighted by molar-refractivity contribution is 5.77. The van der Waals surface area contributed by atoms with Crippen molar-refractivity contribution in [2.24, 2.45) is 0 Å². The van der Waals surface area contributed by atoms with Gasteiger partial charge in [-0.05, 0) is 43.2 Å². The van der Waals surface area contributed by atoms with Crippen molar-refractivity contribution in [3.63, 3.8) is 0 Å². The molecule has 0 saturated carbocycles. The van der Waals surface area contributed by atoms with Gasteiger partial charge in [0, 0.05) is 29.1 Å². The summed E-state index contributed by atoms with van der Waals surface area (Å²) in [6.07, 6.45) is 9.41. The van der Waals surface area contributed by atoms with Crippen molar-refractivity contribution >= 4 is 12.2 Å². The Labute approximate surface area is 154 Å². The van der Waals surface area contributed by atoms with E-state index in [1.165, 1.54) is 0 Å². The van der Waals surface area contributed by atoms with Gasteiger partial charge in [0.25, 0.3) is 0 Å². The molecule has 0 atom stereocenters. The molecule has 130 valence electrons. The monoisotopic (exact) mass is 342 g/mol. The number of ether oxygens (including phenoxy) is 1. The van der Waals surface area contributed by atoms with E-state index in [9.17, 15) is 0 Å². The zero-order valence-corrected chi connectivity index (χ0v) is 15.4. The van der Waals surface area contributed by atoms with Crippen molar-refractivity contribution < 1.29 is 4.74 Å². The molecule has 3 heteroatoms. The Balaban J connectivity index is 2.12. The van der Waals surface area contributed by atoms with E-state index < -0.39 is 0 Å². The van der Waals surface area contributed by atoms with Crippen molar-refractivity contribution in [1.29, 1.82) is 0 Å². The highest BCUT2D eigenvalue weighted by Gasteiger charge is 2.16. The normalized spacial score (nSPS) is 10.9. The molecule has 0 aliphatic rings. The van der Waals surface area contributed by atoms with Gasteiger partial charge < -0.3 is 4.74 Å². The van der Waals surface area contributed by atoms with E-state index in [0.717, 1.165) is 45.0 Å². The van der Waals surface area contributed by atoms with Gasteiger partial charge in [-0.1, -0.05) is 43.0 Å². The molecule has 0 radical (unpaired) electrons. The van der Waals surface area contributed by atoms with Gasteiger partial charge in [-0.25, -0.2) is 4.98 Å². The van der Waals surface area contributed by atoms with Crippen molar-refractivity contribution in [1.82, 2.24) is 9.97 Å². The number of rotatable bonds is 5. The first-order valence-corrected chi connectivity index (χ1v) is 8.54. The Morgan fingerprint density at radius 2 is 1.58 bits per heavy atom. The van der Waals surface area contributed by atoms with Crippen LogP contribution in [0, 0.1) is 6.92 Å². The Kier molecular flexibility index (Phi) is 5.28. The minimum Gasteiger partial charge on any atom is -0.494 e. The first-order chi connectivity index (χ1) is 12.7. The molecule has 0 aliphatic carbocycles. The smallest absolute Gasteiger partial charge is 0.148 e. The Hall–Kier alpha value is -3.20. The van der Waals surface area contributed by atoms with Gasteiger partial charge >= 0.3 is 0 Å². The Bertz CT molecular complexity index is 942. The van der Waals surface area contributed by atoms with Crippen molar-refractivity contribution in [2.45, 2.75) is 13.8 Å². The number of allylic oxidation sites excluding steroid dienone is 1. The zero-order valence-electron chi connectivity index (χ0n) is 15.4. The second-order valence-corrected chi connectivity index (χ2v) is 5.93. The average Bonchev–Trinajstić information content (AvgIpc) is 2.69. The van der Waals surface area contributed by atoms with Crippen LogP contribution in [0.1, 0.15) is 23.7 Å². The topological polar surface area (TPSA) is 35.0 Å². The molecule has 1 aromatic carbocycles. The lowest BCUT2D eigenvalue weighted by Gasteiger charge is -2.16. The summed E-state index contributed by atoms with van der Waals surface area (Å²) in [5, 5.41) is 0. The third-order valence-electron chi connectivity index (χ3n) is 4.37. The van der Waals surface area contributed by atoms with Crippen LogP contribution in [-0.4, -0.2) is 17.1 Å². The van der Waals surface area contributed by atoms with E-state index in [0.29, 0.717) is 0 Å². The second kappa shape index (κ2) is 7.79. The third-order valence-corrected chi connectivity index (χ3v) is 4.37. The van der Waals surface area contributed by atoms with Gasteiger partial charge in [-0.2, -0.15) is 0 Å². The number of methoxy groups -OCH3 is 1. The van der Waals surface area contributed by atoms with Crippen LogP contribution in [0.5, 0.6) is 5.75 Å². The number of nitrogens with zero attached hydrogens (tertiary/aromatic N) is 2. The fourth-order valence-electron chi connectivity index (χ4n) is 3.08. The molecule has 0 aliphatic heterocycles. The number of benzene rings is 1. The van der Waals surface area contributed by atoms with Crippen LogP contribution >= 0.6 is 0 Å². The maximum Gasteiger partial charge on any atom is 0.148 e. The largest absolute Gasteiger partial charge is 0.494 e. The molecule has 2 aromatic heterocycles. The zero-order chi connectivity index (χ0) is 18.5. The highest BCUT2D eigenvalue weighted by atomic mass is 16.5. The summed E-state index contributed by atoms with van der Waals surface area (Å²) < 4.78 is 5.68. The van der Waals surface area contributed by atoms with Crippen molar-refractivity contribution in [2.75, 3.05) is 7.11 Å². The van der Waals surface area contributed by atoms with E-state index in [1.807, 2.05) is 44.2 Å². The minimum absolute atomic E-state index is 0.782. The molecule has 3 aromatic rings. The van der Waals surface area contributed by atoms with E-state index in [2.05, 4.69) is 35.8 Å². The highest BCUT2D eigenvalue weighted by Crippen LogP contribution is 2.36. The lowest BCUT2D eigenvalue weighted by atomic mass is 9.99. The molecule has 0 spiro atoms. The van der Waals surface area contributed by atoms with Crippen molar-refractivity contribution in [3.05, 3.63) is 78.3 Å². The number of hydrogen-bond acceptors (Lipinski definition) is 3. The molecule has 0 unspecified atom stereocenters. The summed E-state index contributed by atoms with van der Waals surface area (Å²) in [6, 6.07) is 12.3. The summed E-state index contributed by atoms with van der Waals surface area (Å²) in [5.41, 5.74) is 7.07. The predicted octanol–water partition coefficient (Wildman–Crippen LogP) is 5.80. The molecule has 26 heavy (non-hydrogen) atoms. The quantitative estimate of drug-likeness (QED) is 0.587. The fourth-order valence-corrected chi connectivity index (χ4v) is 3.08. The Morgan fingerprint density at radius 3 is 2.15 bits per heavy atom. The molecular formula is C23H22N2O. The minimum atomic E-state index is 0.782. The molecule has 3 nitrogen and oxygen atoms in total. The maximum absolute atomic E-state index is 5.68. The van der Waals surface area contributed by atoms with Crippen LogP contribution in [0.4, 0.5) is 0 Å². The number of hydrogen-bond donors (Lipinski definition) is 0. The van der Waals surface area contributed by atoms with Gasteiger partial charge in [-0.15, -0.1) is 0 Å². The van der Waals surface area contributed by atoms with Crippen LogP contribution < -0.4 is 4.74 Å². The van der Waals surface area contributed by atoms with E-state index in [4.69, 9.17) is 9.72 Å². The SMILES string of the molecule is C=Cc1c(/C=C\C)nc(-c2ccc(-c3ccncc3)cc2)c(OC)c1C. The van der Waals surface area contributed by atoms with Crippen LogP contribution in [-0.2, 0) is 0 Å². The molecule has 0 N–H and O–H groups in total. The van der Waals surface area contributed by atoms with Crippen LogP contribution in [0.2, 0.25) is 0 Å². The summed E-state index contributed by atoms with van der Waals surface area (Å²) >= 11 is 0. The van der Waals surface area contributed by atoms with Crippen molar-refractivity contribution in [3.8, 4) is 28.1 Å². The number of pyridine rings is 2. The predicted molar refractivity (Wildman–Crippen MR) is 109 cm³/mol. The van der Waals surface area contributed by atoms with E-state index >= 15 is 0 Å². The first-order valence-electron chi connectivity index (χ1n) is 8.54. The summed E-state index contributed by atoms with van der Waals surface area (Å²) in [4.78, 5) is 8.92. The average molecular weight is 342 g/mol. The molecule has 3 rings (SSSR count). The number of aromatic nitrogens is 2. The maximum atomic E-state index is 5.68. The van der Waals surface area contributed by atoms with Gasteiger partial charge in [0.15, 0.2) is 0 Å². The lowest BCUT2D eigenvalue weighted by Crippen LogP contribution is -2.00. The van der Waals surface area contributed by atoms with Crippen LogP contribution in [0.25, 0.3) is 34.5 Å². The molecule has 2 heterocycles. The van der Waals surface area contributed by atoms with E-state index in [1.54, 1.807) is 19.5 Å². The van der Waals surface area contributed by atoms with Gasteiger partial charge in [0.1, 0.15) is 11.4 Å². The molecule has 0 fully saturated rings. The standard InChI is InChI=1S/C23H22N2O/c1-5-7-21-20(6-2)16(3)23(26-4)22(25-21)19-10-8-17(9-11-19)18-12-14-24-15-13-18/h5-15H,2H2,1,3-4H3/b7-5-. The first kappa shape index (κ1) is 17.6. The van der Waals surface area contributed by atoms with Crippen LogP contribution in [0.3, 0.4) is 0 Å². The molecule has 0 saturated heterocycles. The fraction of sp³-hybridized carbons (Fsp3) is 0.130. The molecular weight excluding hydrogens is 320 g/mol. The summed E-state index contributed by atoms with van der Waals surface area (Å²) in [7, 11) is 1.68. The van der Waals surface area contributed by atoms with Crippen LogP contribution in [0.15, 0.2) is 61.4 Å². The second-order valence-electron chi connectivity index (χ2n) is 5.93. The molecule has 0 amide bonds. The van der Waals surface area contributed by atoms with Gasteiger partial charge in [0.2, 0.25) is 0 Å². The van der Waals surface area contributed by atoms with Gasteiger partial charge in [-0.3, -0.25) is 4.98 Å². The van der Waals surface area contributed by atoms with E-state index in [-0.39, 0.29) is 0 Å².